The van der Waals surface area contributed by atoms with Gasteiger partial charge in [0.25, 0.3) is 0 Å². The summed E-state index contributed by atoms with van der Waals surface area (Å²) in [6.07, 6.45) is 2.64. The van der Waals surface area contributed by atoms with E-state index >= 15 is 0 Å². The standard InChI is InChI=1S/C14H23N3O/c1-14(2,3)12-6-7-13(16-15-12)18-11-10-17-8-4-5-9-17/h6-7H,4-5,8-11H2,1-3H3. The monoisotopic (exact) mass is 249 g/mol. The van der Waals surface area contributed by atoms with Crippen LogP contribution in [-0.2, 0) is 5.41 Å². The fourth-order valence-electron chi connectivity index (χ4n) is 2.08. The highest BCUT2D eigenvalue weighted by atomic mass is 16.5. The molecule has 0 saturated carbocycles. The van der Waals surface area contributed by atoms with Gasteiger partial charge in [0.05, 0.1) is 5.69 Å². The zero-order valence-electron chi connectivity index (χ0n) is 11.6. The lowest BCUT2D eigenvalue weighted by molar-refractivity contribution is 0.230. The number of ether oxygens (including phenoxy) is 1. The van der Waals surface area contributed by atoms with Gasteiger partial charge in [-0.2, -0.15) is 5.10 Å². The smallest absolute Gasteiger partial charge is 0.233 e. The molecule has 0 amide bonds. The van der Waals surface area contributed by atoms with Crippen molar-refractivity contribution in [1.29, 1.82) is 0 Å². The van der Waals surface area contributed by atoms with E-state index in [0.717, 1.165) is 12.2 Å². The fourth-order valence-corrected chi connectivity index (χ4v) is 2.08. The third kappa shape index (κ3) is 3.67. The van der Waals surface area contributed by atoms with Crippen molar-refractivity contribution in [2.75, 3.05) is 26.2 Å². The molecular weight excluding hydrogens is 226 g/mol. The van der Waals surface area contributed by atoms with Crippen LogP contribution < -0.4 is 4.74 Å². The largest absolute Gasteiger partial charge is 0.475 e. The molecule has 1 fully saturated rings. The Kier molecular flexibility index (Phi) is 4.17. The molecule has 1 aliphatic heterocycles. The van der Waals surface area contributed by atoms with Crippen molar-refractivity contribution in [1.82, 2.24) is 15.1 Å². The number of nitrogens with zero attached hydrogens (tertiary/aromatic N) is 3. The summed E-state index contributed by atoms with van der Waals surface area (Å²) in [7, 11) is 0. The summed E-state index contributed by atoms with van der Waals surface area (Å²) in [5.41, 5.74) is 1.04. The van der Waals surface area contributed by atoms with Gasteiger partial charge >= 0.3 is 0 Å². The Hall–Kier alpha value is -1.16. The van der Waals surface area contributed by atoms with Gasteiger partial charge in [0.1, 0.15) is 6.61 Å². The zero-order valence-corrected chi connectivity index (χ0v) is 11.6. The minimum atomic E-state index is 0.0427. The summed E-state index contributed by atoms with van der Waals surface area (Å²) >= 11 is 0. The van der Waals surface area contributed by atoms with E-state index in [2.05, 4.69) is 35.9 Å². The highest BCUT2D eigenvalue weighted by Crippen LogP contribution is 2.20. The second-order valence-electron chi connectivity index (χ2n) is 5.90. The van der Waals surface area contributed by atoms with Crippen molar-refractivity contribution >= 4 is 0 Å². The van der Waals surface area contributed by atoms with E-state index < -0.39 is 0 Å². The van der Waals surface area contributed by atoms with Gasteiger partial charge in [-0.05, 0) is 32.0 Å². The van der Waals surface area contributed by atoms with Crippen molar-refractivity contribution in [3.8, 4) is 5.88 Å². The van der Waals surface area contributed by atoms with Crippen LogP contribution in [0.15, 0.2) is 12.1 Å². The molecule has 0 unspecified atom stereocenters. The molecule has 18 heavy (non-hydrogen) atoms. The molecule has 100 valence electrons. The summed E-state index contributed by atoms with van der Waals surface area (Å²) in [5.74, 6) is 0.627. The summed E-state index contributed by atoms with van der Waals surface area (Å²) in [4.78, 5) is 2.43. The molecule has 1 aromatic rings. The summed E-state index contributed by atoms with van der Waals surface area (Å²) < 4.78 is 5.62. The Morgan fingerprint density at radius 3 is 2.44 bits per heavy atom. The van der Waals surface area contributed by atoms with Gasteiger partial charge in [-0.3, -0.25) is 4.90 Å². The first-order valence-corrected chi connectivity index (χ1v) is 6.75. The van der Waals surface area contributed by atoms with Crippen molar-refractivity contribution in [3.05, 3.63) is 17.8 Å². The quantitative estimate of drug-likeness (QED) is 0.820. The van der Waals surface area contributed by atoms with E-state index in [-0.39, 0.29) is 5.41 Å². The Morgan fingerprint density at radius 1 is 1.17 bits per heavy atom. The van der Waals surface area contributed by atoms with Crippen molar-refractivity contribution in [2.24, 2.45) is 0 Å². The van der Waals surface area contributed by atoms with Crippen molar-refractivity contribution in [3.63, 3.8) is 0 Å². The zero-order chi connectivity index (χ0) is 13.0. The second-order valence-corrected chi connectivity index (χ2v) is 5.90. The van der Waals surface area contributed by atoms with Crippen LogP contribution in [0.25, 0.3) is 0 Å². The van der Waals surface area contributed by atoms with E-state index in [1.807, 2.05) is 12.1 Å². The first-order chi connectivity index (χ1) is 8.55. The first kappa shape index (κ1) is 13.3. The van der Waals surface area contributed by atoms with E-state index in [1.165, 1.54) is 25.9 Å². The molecule has 0 atom stereocenters. The molecule has 0 spiro atoms. The van der Waals surface area contributed by atoms with Crippen LogP contribution in [0.3, 0.4) is 0 Å². The van der Waals surface area contributed by atoms with Gasteiger partial charge in [-0.1, -0.05) is 20.8 Å². The SMILES string of the molecule is CC(C)(C)c1ccc(OCCN2CCCC2)nn1. The van der Waals surface area contributed by atoms with E-state index in [4.69, 9.17) is 4.74 Å². The van der Waals surface area contributed by atoms with Crippen LogP contribution in [0.4, 0.5) is 0 Å². The second kappa shape index (κ2) is 5.65. The maximum absolute atomic E-state index is 5.62. The lowest BCUT2D eigenvalue weighted by Crippen LogP contribution is -2.25. The molecule has 1 saturated heterocycles. The van der Waals surface area contributed by atoms with Crippen LogP contribution >= 0.6 is 0 Å². The molecule has 0 radical (unpaired) electrons. The number of likely N-dealkylation sites (tertiary alicyclic amines) is 1. The van der Waals surface area contributed by atoms with Gasteiger partial charge in [-0.25, -0.2) is 0 Å². The maximum Gasteiger partial charge on any atom is 0.233 e. The predicted molar refractivity (Wildman–Crippen MR) is 71.9 cm³/mol. The number of hydrogen-bond acceptors (Lipinski definition) is 4. The first-order valence-electron chi connectivity index (χ1n) is 6.75. The molecule has 0 aliphatic carbocycles. The normalized spacial score (nSPS) is 17.1. The predicted octanol–water partition coefficient (Wildman–Crippen LogP) is 2.25. The topological polar surface area (TPSA) is 38.2 Å². The Balaban J connectivity index is 1.79. The number of aromatic nitrogens is 2. The molecule has 1 aliphatic rings. The average Bonchev–Trinajstić information content (AvgIpc) is 2.82. The highest BCUT2D eigenvalue weighted by molar-refractivity contribution is 5.16. The van der Waals surface area contributed by atoms with E-state index in [9.17, 15) is 0 Å². The van der Waals surface area contributed by atoms with Crippen molar-refractivity contribution < 1.29 is 4.74 Å². The van der Waals surface area contributed by atoms with E-state index in [1.54, 1.807) is 0 Å². The van der Waals surface area contributed by atoms with Crippen LogP contribution in [0.1, 0.15) is 39.3 Å². The van der Waals surface area contributed by atoms with Gasteiger partial charge in [-0.15, -0.1) is 5.10 Å². The molecule has 0 N–H and O–H groups in total. The summed E-state index contributed by atoms with van der Waals surface area (Å²) in [6, 6.07) is 3.91. The van der Waals surface area contributed by atoms with Gasteiger partial charge < -0.3 is 4.74 Å². The fraction of sp³-hybridized carbons (Fsp3) is 0.714. The van der Waals surface area contributed by atoms with Crippen molar-refractivity contribution in [2.45, 2.75) is 39.0 Å². The lowest BCUT2D eigenvalue weighted by Gasteiger charge is -2.17. The number of hydrogen-bond donors (Lipinski definition) is 0. The maximum atomic E-state index is 5.62. The minimum Gasteiger partial charge on any atom is -0.475 e. The minimum absolute atomic E-state index is 0.0427. The van der Waals surface area contributed by atoms with Gasteiger partial charge in [0.2, 0.25) is 5.88 Å². The molecule has 0 aromatic carbocycles. The van der Waals surface area contributed by atoms with Crippen LogP contribution in [0.2, 0.25) is 0 Å². The average molecular weight is 249 g/mol. The lowest BCUT2D eigenvalue weighted by atomic mass is 9.92. The Bertz CT molecular complexity index is 364. The molecule has 4 nitrogen and oxygen atoms in total. The number of rotatable bonds is 4. The third-order valence-corrected chi connectivity index (χ3v) is 3.26. The van der Waals surface area contributed by atoms with Crippen LogP contribution in [0.5, 0.6) is 5.88 Å². The van der Waals surface area contributed by atoms with Gasteiger partial charge in [0, 0.05) is 18.0 Å². The highest BCUT2D eigenvalue weighted by Gasteiger charge is 2.16. The molecule has 2 rings (SSSR count). The third-order valence-electron chi connectivity index (χ3n) is 3.26. The molecule has 0 bridgehead atoms. The van der Waals surface area contributed by atoms with E-state index in [0.29, 0.717) is 12.5 Å². The molecule has 4 heteroatoms. The van der Waals surface area contributed by atoms with Crippen LogP contribution in [0, 0.1) is 0 Å². The summed E-state index contributed by atoms with van der Waals surface area (Å²) in [5, 5.41) is 8.33. The molecule has 1 aromatic heterocycles. The Morgan fingerprint density at radius 2 is 1.89 bits per heavy atom. The Labute approximate surface area is 109 Å². The summed E-state index contributed by atoms with van der Waals surface area (Å²) in [6.45, 7) is 10.5. The molecular formula is C14H23N3O. The molecule has 2 heterocycles. The van der Waals surface area contributed by atoms with Gasteiger partial charge in [0.15, 0.2) is 0 Å². The van der Waals surface area contributed by atoms with Crippen LogP contribution in [-0.4, -0.2) is 41.3 Å².